The molecule has 0 aliphatic heterocycles. The highest BCUT2D eigenvalue weighted by molar-refractivity contribution is 5.78. The van der Waals surface area contributed by atoms with Gasteiger partial charge in [-0.05, 0) is 50.4 Å². The molecule has 1 N–H and O–H groups in total. The van der Waals surface area contributed by atoms with E-state index in [0.717, 1.165) is 30.8 Å². The molecule has 1 aliphatic carbocycles. The van der Waals surface area contributed by atoms with Crippen molar-refractivity contribution in [2.75, 3.05) is 20.7 Å². The van der Waals surface area contributed by atoms with Gasteiger partial charge >= 0.3 is 0 Å². The van der Waals surface area contributed by atoms with Crippen LogP contribution in [-0.4, -0.2) is 42.7 Å². The Bertz CT molecular complexity index is 755. The third kappa shape index (κ3) is 4.89. The topological polar surface area (TPSA) is 67.6 Å². The number of hydrogen-bond donors (Lipinski definition) is 1. The van der Waals surface area contributed by atoms with Crippen molar-refractivity contribution in [3.05, 3.63) is 47.9 Å². The van der Waals surface area contributed by atoms with Gasteiger partial charge in [-0.25, -0.2) is 0 Å². The molecule has 6 nitrogen and oxygen atoms in total. The van der Waals surface area contributed by atoms with Crippen molar-refractivity contribution >= 4 is 5.91 Å². The fraction of sp³-hybridized carbons (Fsp3) is 0.524. The van der Waals surface area contributed by atoms with Crippen LogP contribution in [0.2, 0.25) is 0 Å². The lowest BCUT2D eigenvalue weighted by Gasteiger charge is -2.52. The Morgan fingerprint density at radius 2 is 2.07 bits per heavy atom. The van der Waals surface area contributed by atoms with Gasteiger partial charge in [-0.1, -0.05) is 37.2 Å². The molecule has 27 heavy (non-hydrogen) atoms. The van der Waals surface area contributed by atoms with E-state index < -0.39 is 0 Å². The van der Waals surface area contributed by atoms with Crippen LogP contribution < -0.4 is 10.1 Å². The molecule has 0 bridgehead atoms. The van der Waals surface area contributed by atoms with Gasteiger partial charge in [0, 0.05) is 12.1 Å². The van der Waals surface area contributed by atoms with Crippen LogP contribution in [0.15, 0.2) is 40.9 Å². The zero-order valence-corrected chi connectivity index (χ0v) is 16.6. The summed E-state index contributed by atoms with van der Waals surface area (Å²) in [6.07, 6.45) is 1.82. The first-order valence-electron chi connectivity index (χ1n) is 9.41. The number of carbonyl (C=O) groups excluding carboxylic acids is 1. The molecule has 1 amide bonds. The highest BCUT2D eigenvalue weighted by Crippen LogP contribution is 2.47. The first-order valence-corrected chi connectivity index (χ1v) is 9.41. The fourth-order valence-corrected chi connectivity index (χ4v) is 3.60. The number of para-hydroxylation sites is 1. The molecule has 2 atom stereocenters. The van der Waals surface area contributed by atoms with Crippen molar-refractivity contribution in [2.24, 2.45) is 11.3 Å². The third-order valence-corrected chi connectivity index (χ3v) is 5.45. The van der Waals surface area contributed by atoms with Gasteiger partial charge in [0.05, 0.1) is 12.2 Å². The second-order valence-corrected chi connectivity index (χ2v) is 8.20. The average molecular weight is 371 g/mol. The largest absolute Gasteiger partial charge is 0.484 e. The summed E-state index contributed by atoms with van der Waals surface area (Å²) in [4.78, 5) is 14.3. The number of ether oxygens (including phenoxy) is 1. The van der Waals surface area contributed by atoms with Crippen LogP contribution in [0.1, 0.15) is 31.7 Å². The van der Waals surface area contributed by atoms with Gasteiger partial charge in [0.25, 0.3) is 5.91 Å². The standard InChI is InChI=1S/C21H29N3O3/c1-21(2)15(10-16-12-18(27-23-16)13-24(3)4)11-19(21)22-20(25)14-26-17-8-6-5-7-9-17/h5-9,12,15,19H,10-11,13-14H2,1-4H3,(H,22,25)/t15-,19+/m1/s1. The Kier molecular flexibility index (Phi) is 5.85. The normalized spacial score (nSPS) is 20.9. The minimum absolute atomic E-state index is 0.0169. The highest BCUT2D eigenvalue weighted by Gasteiger charge is 2.48. The number of nitrogens with zero attached hydrogens (tertiary/aromatic N) is 2. The molecule has 0 spiro atoms. The highest BCUT2D eigenvalue weighted by atomic mass is 16.5. The van der Waals surface area contributed by atoms with E-state index >= 15 is 0 Å². The van der Waals surface area contributed by atoms with E-state index in [2.05, 4.69) is 29.2 Å². The molecule has 1 aliphatic rings. The van der Waals surface area contributed by atoms with Crippen molar-refractivity contribution in [3.63, 3.8) is 0 Å². The summed E-state index contributed by atoms with van der Waals surface area (Å²) >= 11 is 0. The van der Waals surface area contributed by atoms with Crippen molar-refractivity contribution in [1.82, 2.24) is 15.4 Å². The Labute approximate surface area is 160 Å². The minimum atomic E-state index is -0.0786. The lowest BCUT2D eigenvalue weighted by molar-refractivity contribution is -0.127. The van der Waals surface area contributed by atoms with E-state index in [-0.39, 0.29) is 24.0 Å². The van der Waals surface area contributed by atoms with Gasteiger partial charge in [0.1, 0.15) is 5.75 Å². The van der Waals surface area contributed by atoms with Gasteiger partial charge in [-0.15, -0.1) is 0 Å². The van der Waals surface area contributed by atoms with Crippen LogP contribution >= 0.6 is 0 Å². The fourth-order valence-electron chi connectivity index (χ4n) is 3.60. The van der Waals surface area contributed by atoms with Gasteiger partial charge in [0.2, 0.25) is 0 Å². The summed E-state index contributed by atoms with van der Waals surface area (Å²) in [5.41, 5.74) is 1.00. The smallest absolute Gasteiger partial charge is 0.258 e. The van der Waals surface area contributed by atoms with Gasteiger partial charge in [0.15, 0.2) is 12.4 Å². The van der Waals surface area contributed by atoms with E-state index in [1.807, 2.05) is 50.5 Å². The molecule has 146 valence electrons. The maximum Gasteiger partial charge on any atom is 0.258 e. The summed E-state index contributed by atoms with van der Waals surface area (Å²) < 4.78 is 10.9. The molecule has 1 fully saturated rings. The number of aromatic nitrogens is 1. The minimum Gasteiger partial charge on any atom is -0.484 e. The van der Waals surface area contributed by atoms with Crippen LogP contribution in [0.3, 0.4) is 0 Å². The second kappa shape index (κ2) is 8.13. The van der Waals surface area contributed by atoms with Crippen molar-refractivity contribution in [3.8, 4) is 5.75 Å². The van der Waals surface area contributed by atoms with E-state index in [1.54, 1.807) is 0 Å². The maximum absolute atomic E-state index is 12.2. The molecule has 0 saturated heterocycles. The Balaban J connectivity index is 1.46. The molecule has 3 rings (SSSR count). The first kappa shape index (κ1) is 19.4. The summed E-state index contributed by atoms with van der Waals surface area (Å²) in [6.45, 7) is 5.19. The lowest BCUT2D eigenvalue weighted by atomic mass is 9.57. The first-order chi connectivity index (χ1) is 12.8. The second-order valence-electron chi connectivity index (χ2n) is 8.20. The molecule has 1 aromatic carbocycles. The summed E-state index contributed by atoms with van der Waals surface area (Å²) in [5.74, 6) is 1.98. The van der Waals surface area contributed by atoms with Crippen molar-refractivity contribution in [2.45, 2.75) is 39.3 Å². The molecular formula is C21H29N3O3. The molecular weight excluding hydrogens is 342 g/mol. The van der Waals surface area contributed by atoms with Crippen LogP contribution in [0.25, 0.3) is 0 Å². The average Bonchev–Trinajstić information content (AvgIpc) is 3.06. The van der Waals surface area contributed by atoms with Crippen LogP contribution in [-0.2, 0) is 17.8 Å². The summed E-state index contributed by atoms with van der Waals surface area (Å²) in [5, 5.41) is 7.31. The Morgan fingerprint density at radius 1 is 1.33 bits per heavy atom. The van der Waals surface area contributed by atoms with Crippen molar-refractivity contribution < 1.29 is 14.1 Å². The van der Waals surface area contributed by atoms with Gasteiger partial charge < -0.3 is 19.5 Å². The molecule has 0 radical (unpaired) electrons. The zero-order valence-electron chi connectivity index (χ0n) is 16.6. The maximum atomic E-state index is 12.2. The third-order valence-electron chi connectivity index (χ3n) is 5.45. The molecule has 2 aromatic rings. The van der Waals surface area contributed by atoms with Crippen LogP contribution in [0, 0.1) is 11.3 Å². The number of nitrogens with one attached hydrogen (secondary N) is 1. The lowest BCUT2D eigenvalue weighted by Crippen LogP contribution is -2.59. The van der Waals surface area contributed by atoms with E-state index in [9.17, 15) is 4.79 Å². The Morgan fingerprint density at radius 3 is 2.74 bits per heavy atom. The molecule has 0 unspecified atom stereocenters. The predicted molar refractivity (Wildman–Crippen MR) is 103 cm³/mol. The molecule has 1 saturated carbocycles. The number of benzene rings is 1. The van der Waals surface area contributed by atoms with Crippen LogP contribution in [0.4, 0.5) is 0 Å². The molecule has 1 heterocycles. The van der Waals surface area contributed by atoms with Crippen LogP contribution in [0.5, 0.6) is 5.75 Å². The number of amides is 1. The zero-order chi connectivity index (χ0) is 19.4. The predicted octanol–water partition coefficient (Wildman–Crippen LogP) is 2.89. The van der Waals surface area contributed by atoms with Gasteiger partial charge in [-0.3, -0.25) is 4.79 Å². The summed E-state index contributed by atoms with van der Waals surface area (Å²) in [7, 11) is 4.01. The Hall–Kier alpha value is -2.34. The number of hydrogen-bond acceptors (Lipinski definition) is 5. The number of rotatable bonds is 8. The van der Waals surface area contributed by atoms with E-state index in [0.29, 0.717) is 11.7 Å². The summed E-state index contributed by atoms with van der Waals surface area (Å²) in [6, 6.07) is 11.6. The van der Waals surface area contributed by atoms with Gasteiger partial charge in [-0.2, -0.15) is 0 Å². The number of carbonyl (C=O) groups is 1. The molecule has 1 aromatic heterocycles. The van der Waals surface area contributed by atoms with E-state index in [1.165, 1.54) is 0 Å². The SMILES string of the molecule is CN(C)Cc1cc(C[C@@H]2C[C@H](NC(=O)COc3ccccc3)C2(C)C)no1. The monoisotopic (exact) mass is 371 g/mol. The molecule has 6 heteroatoms. The van der Waals surface area contributed by atoms with E-state index in [4.69, 9.17) is 9.26 Å². The van der Waals surface area contributed by atoms with Crippen molar-refractivity contribution in [1.29, 1.82) is 0 Å². The quantitative estimate of drug-likeness (QED) is 0.773.